The van der Waals surface area contributed by atoms with Crippen molar-refractivity contribution in [1.82, 2.24) is 25.1 Å². The Hall–Kier alpha value is -1.36. The van der Waals surface area contributed by atoms with E-state index < -0.39 is 0 Å². The summed E-state index contributed by atoms with van der Waals surface area (Å²) in [4.78, 5) is 11.0. The molecule has 2 aromatic heterocycles. The molecule has 5 nitrogen and oxygen atoms in total. The quantitative estimate of drug-likeness (QED) is 0.681. The molecular formula is C6H6ClN5. The summed E-state index contributed by atoms with van der Waals surface area (Å²) in [5, 5.41) is 6.61. The summed E-state index contributed by atoms with van der Waals surface area (Å²) in [6.07, 6.45) is 3.36. The highest BCUT2D eigenvalue weighted by Crippen LogP contribution is 2.07. The third kappa shape index (κ3) is 1.18. The minimum Gasteiger partial charge on any atom is -0.342 e. The molecule has 6 heteroatoms. The van der Waals surface area contributed by atoms with Gasteiger partial charge in [-0.2, -0.15) is 5.10 Å². The van der Waals surface area contributed by atoms with E-state index in [2.05, 4.69) is 25.1 Å². The first-order chi connectivity index (χ1) is 5.90. The largest absolute Gasteiger partial charge is 0.342 e. The number of H-pyrrole nitrogens is 2. The predicted molar refractivity (Wildman–Crippen MR) is 43.5 cm³/mol. The molecule has 0 aliphatic carbocycles. The van der Waals surface area contributed by atoms with Crippen molar-refractivity contribution in [1.29, 1.82) is 0 Å². The fourth-order valence-electron chi connectivity index (χ4n) is 0.849. The molecule has 0 radical (unpaired) electrons. The number of aromatic nitrogens is 5. The molecule has 2 heterocycles. The molecule has 12 heavy (non-hydrogen) atoms. The van der Waals surface area contributed by atoms with Crippen LogP contribution in [0.15, 0.2) is 12.4 Å². The Morgan fingerprint density at radius 3 is 3.00 bits per heavy atom. The first kappa shape index (κ1) is 7.30. The maximum absolute atomic E-state index is 5.54. The average molecular weight is 184 g/mol. The van der Waals surface area contributed by atoms with Crippen molar-refractivity contribution < 1.29 is 0 Å². The Bertz CT molecular complexity index is 352. The summed E-state index contributed by atoms with van der Waals surface area (Å²) in [7, 11) is 0. The molecule has 0 saturated carbocycles. The van der Waals surface area contributed by atoms with Crippen LogP contribution in [0.3, 0.4) is 0 Å². The number of hydrogen-bond acceptors (Lipinski definition) is 3. The van der Waals surface area contributed by atoms with Crippen LogP contribution in [0, 0.1) is 0 Å². The normalized spacial score (nSPS) is 10.4. The topological polar surface area (TPSA) is 70.2 Å². The Balaban J connectivity index is 2.35. The fourth-order valence-corrected chi connectivity index (χ4v) is 0.968. The van der Waals surface area contributed by atoms with Crippen LogP contribution in [-0.4, -0.2) is 25.1 Å². The van der Waals surface area contributed by atoms with Gasteiger partial charge in [0.25, 0.3) is 0 Å². The van der Waals surface area contributed by atoms with E-state index in [-0.39, 0.29) is 0 Å². The van der Waals surface area contributed by atoms with E-state index in [9.17, 15) is 0 Å². The number of rotatable bonds is 2. The molecule has 0 aliphatic rings. The molecule has 0 unspecified atom stereocenters. The number of nitrogens with zero attached hydrogens (tertiary/aromatic N) is 3. The maximum atomic E-state index is 5.54. The Labute approximate surface area is 73.2 Å². The number of aromatic amines is 2. The van der Waals surface area contributed by atoms with E-state index in [4.69, 9.17) is 11.6 Å². The van der Waals surface area contributed by atoms with Gasteiger partial charge in [0, 0.05) is 12.4 Å². The van der Waals surface area contributed by atoms with Crippen LogP contribution < -0.4 is 0 Å². The molecule has 0 spiro atoms. The van der Waals surface area contributed by atoms with E-state index in [1.165, 1.54) is 0 Å². The van der Waals surface area contributed by atoms with Gasteiger partial charge in [0.15, 0.2) is 5.82 Å². The lowest BCUT2D eigenvalue weighted by Gasteiger charge is -1.83. The summed E-state index contributed by atoms with van der Waals surface area (Å²) in [6, 6.07) is 0. The Morgan fingerprint density at radius 1 is 1.50 bits per heavy atom. The van der Waals surface area contributed by atoms with Gasteiger partial charge in [0.2, 0.25) is 5.82 Å². The lowest BCUT2D eigenvalue weighted by atomic mass is 10.6. The number of imidazole rings is 1. The van der Waals surface area contributed by atoms with Crippen molar-refractivity contribution in [3.63, 3.8) is 0 Å². The van der Waals surface area contributed by atoms with Gasteiger partial charge in [-0.3, -0.25) is 5.10 Å². The molecule has 2 rings (SSSR count). The van der Waals surface area contributed by atoms with E-state index in [1.54, 1.807) is 12.4 Å². The van der Waals surface area contributed by atoms with Gasteiger partial charge in [-0.1, -0.05) is 0 Å². The molecule has 62 valence electrons. The zero-order valence-corrected chi connectivity index (χ0v) is 6.84. The van der Waals surface area contributed by atoms with Crippen LogP contribution in [0.4, 0.5) is 0 Å². The predicted octanol–water partition coefficient (Wildman–Crippen LogP) is 0.934. The molecule has 2 N–H and O–H groups in total. The Morgan fingerprint density at radius 2 is 2.42 bits per heavy atom. The van der Waals surface area contributed by atoms with Crippen LogP contribution >= 0.6 is 11.6 Å². The zero-order chi connectivity index (χ0) is 8.39. The molecule has 2 aromatic rings. The van der Waals surface area contributed by atoms with Gasteiger partial charge in [-0.05, 0) is 0 Å². The molecular weight excluding hydrogens is 178 g/mol. The summed E-state index contributed by atoms with van der Waals surface area (Å²) in [5.41, 5.74) is 0. The SMILES string of the molecule is ClCc1nc(-c2ncc[nH]2)n[nH]1. The lowest BCUT2D eigenvalue weighted by molar-refractivity contribution is 1.02. The van der Waals surface area contributed by atoms with Gasteiger partial charge in [0.05, 0.1) is 5.88 Å². The van der Waals surface area contributed by atoms with Crippen LogP contribution in [-0.2, 0) is 5.88 Å². The summed E-state index contributed by atoms with van der Waals surface area (Å²) in [5.74, 6) is 2.15. The highest BCUT2D eigenvalue weighted by Gasteiger charge is 2.05. The van der Waals surface area contributed by atoms with E-state index >= 15 is 0 Å². The fraction of sp³-hybridized carbons (Fsp3) is 0.167. The van der Waals surface area contributed by atoms with E-state index in [0.717, 1.165) is 0 Å². The maximum Gasteiger partial charge on any atom is 0.217 e. The van der Waals surface area contributed by atoms with Crippen molar-refractivity contribution in [3.05, 3.63) is 18.2 Å². The molecule has 0 saturated heterocycles. The van der Waals surface area contributed by atoms with Crippen molar-refractivity contribution in [2.45, 2.75) is 5.88 Å². The third-order valence-corrected chi connectivity index (χ3v) is 1.62. The van der Waals surface area contributed by atoms with Gasteiger partial charge in [-0.25, -0.2) is 9.97 Å². The third-order valence-electron chi connectivity index (χ3n) is 1.37. The second-order valence-electron chi connectivity index (χ2n) is 2.18. The van der Waals surface area contributed by atoms with E-state index in [1.807, 2.05) is 0 Å². The highest BCUT2D eigenvalue weighted by molar-refractivity contribution is 6.16. The molecule has 0 fully saturated rings. The Kier molecular flexibility index (Phi) is 1.79. The molecule has 0 aliphatic heterocycles. The standard InChI is InChI=1S/C6H6ClN5/c7-3-4-10-6(12-11-4)5-8-1-2-9-5/h1-2H,3H2,(H,8,9)(H,10,11,12). The van der Waals surface area contributed by atoms with Gasteiger partial charge in [-0.15, -0.1) is 11.6 Å². The second-order valence-corrected chi connectivity index (χ2v) is 2.44. The van der Waals surface area contributed by atoms with Crippen LogP contribution in [0.1, 0.15) is 5.82 Å². The lowest BCUT2D eigenvalue weighted by Crippen LogP contribution is -1.82. The zero-order valence-electron chi connectivity index (χ0n) is 6.08. The minimum absolute atomic E-state index is 0.327. The van der Waals surface area contributed by atoms with Crippen LogP contribution in [0.25, 0.3) is 11.6 Å². The van der Waals surface area contributed by atoms with Crippen LogP contribution in [0.2, 0.25) is 0 Å². The van der Waals surface area contributed by atoms with Crippen molar-refractivity contribution in [2.24, 2.45) is 0 Å². The van der Waals surface area contributed by atoms with E-state index in [0.29, 0.717) is 23.4 Å². The average Bonchev–Trinajstić information content (AvgIpc) is 2.75. The summed E-state index contributed by atoms with van der Waals surface area (Å²) >= 11 is 5.54. The molecule has 0 bridgehead atoms. The van der Waals surface area contributed by atoms with Crippen molar-refractivity contribution in [3.8, 4) is 11.6 Å². The van der Waals surface area contributed by atoms with Crippen molar-refractivity contribution in [2.75, 3.05) is 0 Å². The van der Waals surface area contributed by atoms with Gasteiger partial charge in [0.1, 0.15) is 5.82 Å². The first-order valence-electron chi connectivity index (χ1n) is 3.37. The molecule has 0 amide bonds. The van der Waals surface area contributed by atoms with Crippen molar-refractivity contribution >= 4 is 11.6 Å². The minimum atomic E-state index is 0.327. The number of alkyl halides is 1. The monoisotopic (exact) mass is 183 g/mol. The van der Waals surface area contributed by atoms with Crippen LogP contribution in [0.5, 0.6) is 0 Å². The molecule has 0 atom stereocenters. The second kappa shape index (κ2) is 2.94. The number of hydrogen-bond donors (Lipinski definition) is 2. The number of nitrogens with one attached hydrogen (secondary N) is 2. The van der Waals surface area contributed by atoms with Gasteiger partial charge < -0.3 is 4.98 Å². The summed E-state index contributed by atoms with van der Waals surface area (Å²) in [6.45, 7) is 0. The van der Waals surface area contributed by atoms with Gasteiger partial charge >= 0.3 is 0 Å². The first-order valence-corrected chi connectivity index (χ1v) is 3.90. The highest BCUT2D eigenvalue weighted by atomic mass is 35.5. The summed E-state index contributed by atoms with van der Waals surface area (Å²) < 4.78 is 0. The smallest absolute Gasteiger partial charge is 0.217 e. The molecule has 0 aromatic carbocycles. The number of halogens is 1.